The monoisotopic (exact) mass is 288 g/mol. The van der Waals surface area contributed by atoms with Gasteiger partial charge in [-0.25, -0.2) is 9.97 Å². The molecule has 3 aromatic rings. The van der Waals surface area contributed by atoms with Gasteiger partial charge >= 0.3 is 0 Å². The van der Waals surface area contributed by atoms with Crippen LogP contribution in [-0.4, -0.2) is 32.0 Å². The number of thiazole rings is 1. The highest BCUT2D eigenvalue weighted by atomic mass is 32.1. The van der Waals surface area contributed by atoms with Gasteiger partial charge in [0.2, 0.25) is 0 Å². The molecule has 4 heterocycles. The number of nitrogens with two attached hydrogens (primary N) is 1. The molecule has 1 aliphatic heterocycles. The second kappa shape index (κ2) is 4.60. The Kier molecular flexibility index (Phi) is 2.75. The first kappa shape index (κ1) is 11.9. The summed E-state index contributed by atoms with van der Waals surface area (Å²) < 4.78 is 4.37. The van der Waals surface area contributed by atoms with Crippen molar-refractivity contribution in [1.29, 1.82) is 0 Å². The van der Waals surface area contributed by atoms with Crippen molar-refractivity contribution in [3.63, 3.8) is 0 Å². The third kappa shape index (κ3) is 1.74. The zero-order valence-electron chi connectivity index (χ0n) is 11.1. The maximum absolute atomic E-state index is 5.77. The third-order valence-corrected chi connectivity index (χ3v) is 4.52. The Hall–Kier alpha value is -1.86. The molecular weight excluding hydrogens is 272 g/mol. The van der Waals surface area contributed by atoms with Gasteiger partial charge in [0.05, 0.1) is 12.2 Å². The van der Waals surface area contributed by atoms with Gasteiger partial charge < -0.3 is 15.2 Å². The van der Waals surface area contributed by atoms with Gasteiger partial charge in [-0.05, 0) is 6.54 Å². The van der Waals surface area contributed by atoms with E-state index in [1.54, 1.807) is 11.3 Å². The normalized spacial score (nSPS) is 14.9. The summed E-state index contributed by atoms with van der Waals surface area (Å²) in [4.78, 5) is 12.6. The summed E-state index contributed by atoms with van der Waals surface area (Å²) in [5, 5.41) is 2.06. The van der Waals surface area contributed by atoms with E-state index in [4.69, 9.17) is 10.7 Å². The Bertz CT molecular complexity index is 739. The molecule has 0 radical (unpaired) electrons. The van der Waals surface area contributed by atoms with E-state index in [2.05, 4.69) is 30.4 Å². The molecule has 20 heavy (non-hydrogen) atoms. The van der Waals surface area contributed by atoms with Crippen molar-refractivity contribution in [2.24, 2.45) is 5.73 Å². The van der Waals surface area contributed by atoms with E-state index in [1.165, 1.54) is 5.69 Å². The van der Waals surface area contributed by atoms with Crippen LogP contribution in [0.2, 0.25) is 0 Å². The Labute approximate surface area is 120 Å². The number of fused-ring (bicyclic) bond motifs is 2. The maximum atomic E-state index is 5.77. The first-order valence-electron chi connectivity index (χ1n) is 6.76. The quantitative estimate of drug-likeness (QED) is 0.784. The Morgan fingerprint density at radius 3 is 3.15 bits per heavy atom. The SMILES string of the molecule is NCCc1c(N2CCn3ccnc3C2)nc2sccn12. The van der Waals surface area contributed by atoms with Crippen molar-refractivity contribution < 1.29 is 0 Å². The molecule has 6 nitrogen and oxygen atoms in total. The number of hydrogen-bond donors (Lipinski definition) is 1. The number of rotatable bonds is 3. The number of nitrogens with zero attached hydrogens (tertiary/aromatic N) is 5. The van der Waals surface area contributed by atoms with Crippen LogP contribution in [-0.2, 0) is 19.5 Å². The zero-order valence-corrected chi connectivity index (χ0v) is 11.9. The summed E-state index contributed by atoms with van der Waals surface area (Å²) in [6.45, 7) is 3.38. The van der Waals surface area contributed by atoms with Gasteiger partial charge in [-0.3, -0.25) is 4.40 Å². The Balaban J connectivity index is 1.75. The van der Waals surface area contributed by atoms with Crippen LogP contribution < -0.4 is 10.6 Å². The lowest BCUT2D eigenvalue weighted by molar-refractivity contribution is 0.555. The largest absolute Gasteiger partial charge is 0.346 e. The molecule has 7 heteroatoms. The molecule has 0 aliphatic carbocycles. The van der Waals surface area contributed by atoms with Crippen LogP contribution in [0.15, 0.2) is 24.0 Å². The molecule has 0 unspecified atom stereocenters. The second-order valence-electron chi connectivity index (χ2n) is 4.93. The van der Waals surface area contributed by atoms with Crippen molar-refractivity contribution in [3.05, 3.63) is 35.5 Å². The van der Waals surface area contributed by atoms with Crippen LogP contribution in [0.25, 0.3) is 4.96 Å². The average Bonchev–Trinajstić information content (AvgIpc) is 3.14. The number of anilines is 1. The first-order valence-corrected chi connectivity index (χ1v) is 7.64. The number of aromatic nitrogens is 4. The number of hydrogen-bond acceptors (Lipinski definition) is 5. The highest BCUT2D eigenvalue weighted by molar-refractivity contribution is 7.15. The van der Waals surface area contributed by atoms with Crippen molar-refractivity contribution >= 4 is 22.1 Å². The van der Waals surface area contributed by atoms with E-state index in [0.29, 0.717) is 6.54 Å². The fourth-order valence-corrected chi connectivity index (χ4v) is 3.53. The molecule has 0 aromatic carbocycles. The van der Waals surface area contributed by atoms with Crippen molar-refractivity contribution in [3.8, 4) is 0 Å². The van der Waals surface area contributed by atoms with E-state index in [1.807, 2.05) is 12.4 Å². The van der Waals surface area contributed by atoms with Gasteiger partial charge in [0.1, 0.15) is 5.82 Å². The lowest BCUT2D eigenvalue weighted by Gasteiger charge is -2.28. The summed E-state index contributed by atoms with van der Waals surface area (Å²) in [7, 11) is 0. The molecule has 2 N–H and O–H groups in total. The van der Waals surface area contributed by atoms with Crippen LogP contribution in [0.1, 0.15) is 11.5 Å². The smallest absolute Gasteiger partial charge is 0.195 e. The zero-order chi connectivity index (χ0) is 13.5. The predicted octanol–water partition coefficient (Wildman–Crippen LogP) is 1.11. The summed E-state index contributed by atoms with van der Waals surface area (Å²) in [6.07, 6.45) is 6.83. The fourth-order valence-electron chi connectivity index (χ4n) is 2.80. The van der Waals surface area contributed by atoms with E-state index < -0.39 is 0 Å². The summed E-state index contributed by atoms with van der Waals surface area (Å²) in [5.74, 6) is 2.17. The van der Waals surface area contributed by atoms with Crippen LogP contribution in [0, 0.1) is 0 Å². The predicted molar refractivity (Wildman–Crippen MR) is 79.1 cm³/mol. The molecule has 0 saturated heterocycles. The van der Waals surface area contributed by atoms with Crippen LogP contribution in [0.4, 0.5) is 5.82 Å². The van der Waals surface area contributed by atoms with E-state index in [0.717, 1.165) is 42.7 Å². The van der Waals surface area contributed by atoms with Gasteiger partial charge in [0, 0.05) is 43.5 Å². The lowest BCUT2D eigenvalue weighted by atomic mass is 10.2. The minimum atomic E-state index is 0.638. The van der Waals surface area contributed by atoms with Crippen molar-refractivity contribution in [1.82, 2.24) is 18.9 Å². The standard InChI is InChI=1S/C13H16N6S/c14-2-1-10-12(16-13-19(10)7-8-20-13)18-6-5-17-4-3-15-11(17)9-18/h3-4,7-8H,1-2,5-6,9,14H2. The van der Waals surface area contributed by atoms with Crippen LogP contribution in [0.3, 0.4) is 0 Å². The number of imidazole rings is 2. The van der Waals surface area contributed by atoms with Gasteiger partial charge in [0.25, 0.3) is 0 Å². The minimum absolute atomic E-state index is 0.638. The molecule has 0 atom stereocenters. The van der Waals surface area contributed by atoms with Gasteiger partial charge in [-0.15, -0.1) is 11.3 Å². The van der Waals surface area contributed by atoms with E-state index in [-0.39, 0.29) is 0 Å². The summed E-state index contributed by atoms with van der Waals surface area (Å²) in [5.41, 5.74) is 6.98. The molecule has 3 aromatic heterocycles. The second-order valence-corrected chi connectivity index (χ2v) is 5.81. The molecule has 0 bridgehead atoms. The average molecular weight is 288 g/mol. The molecule has 1 aliphatic rings. The lowest BCUT2D eigenvalue weighted by Crippen LogP contribution is -2.34. The summed E-state index contributed by atoms with van der Waals surface area (Å²) >= 11 is 1.66. The van der Waals surface area contributed by atoms with Gasteiger partial charge in [-0.2, -0.15) is 0 Å². The van der Waals surface area contributed by atoms with E-state index >= 15 is 0 Å². The molecule has 104 valence electrons. The van der Waals surface area contributed by atoms with Gasteiger partial charge in [0.15, 0.2) is 10.8 Å². The Morgan fingerprint density at radius 1 is 1.30 bits per heavy atom. The molecule has 0 amide bonds. The molecule has 4 rings (SSSR count). The van der Waals surface area contributed by atoms with Crippen molar-refractivity contribution in [2.75, 3.05) is 18.0 Å². The maximum Gasteiger partial charge on any atom is 0.195 e. The highest BCUT2D eigenvalue weighted by Crippen LogP contribution is 2.27. The Morgan fingerprint density at radius 2 is 2.25 bits per heavy atom. The highest BCUT2D eigenvalue weighted by Gasteiger charge is 2.23. The summed E-state index contributed by atoms with van der Waals surface area (Å²) in [6, 6.07) is 0. The van der Waals surface area contributed by atoms with Crippen molar-refractivity contribution in [2.45, 2.75) is 19.5 Å². The minimum Gasteiger partial charge on any atom is -0.346 e. The molecular formula is C13H16N6S. The van der Waals surface area contributed by atoms with Gasteiger partial charge in [-0.1, -0.05) is 0 Å². The van der Waals surface area contributed by atoms with Crippen LogP contribution in [0.5, 0.6) is 0 Å². The van der Waals surface area contributed by atoms with E-state index in [9.17, 15) is 0 Å². The fraction of sp³-hybridized carbons (Fsp3) is 0.385. The first-order chi connectivity index (χ1) is 9.86. The third-order valence-electron chi connectivity index (χ3n) is 3.77. The van der Waals surface area contributed by atoms with Crippen LogP contribution >= 0.6 is 11.3 Å². The molecule has 0 saturated carbocycles. The topological polar surface area (TPSA) is 64.4 Å². The molecule has 0 spiro atoms. The molecule has 0 fully saturated rings.